The summed E-state index contributed by atoms with van der Waals surface area (Å²) in [5.41, 5.74) is 0.860. The molecule has 1 saturated heterocycles. The Hall–Kier alpha value is -1.62. The average Bonchev–Trinajstić information content (AvgIpc) is 2.83. The fraction of sp³-hybridized carbons (Fsp3) is 0.538. The van der Waals surface area contributed by atoms with E-state index in [1.165, 1.54) is 12.8 Å². The van der Waals surface area contributed by atoms with Crippen LogP contribution in [0.4, 0.5) is 0 Å². The Balaban J connectivity index is 1.91. The second-order valence-corrected chi connectivity index (χ2v) is 4.78. The molecule has 2 aromatic heterocycles. The number of rotatable bonds is 3. The average molecular weight is 246 g/mol. The van der Waals surface area contributed by atoms with Crippen molar-refractivity contribution < 1.29 is 4.74 Å². The molecule has 3 heterocycles. The summed E-state index contributed by atoms with van der Waals surface area (Å²) in [6.07, 6.45) is 3.40. The van der Waals surface area contributed by atoms with Crippen LogP contribution in [0.1, 0.15) is 18.7 Å². The van der Waals surface area contributed by atoms with Gasteiger partial charge in [0.25, 0.3) is 0 Å². The molecule has 0 atom stereocenters. The van der Waals surface area contributed by atoms with Gasteiger partial charge < -0.3 is 10.1 Å². The molecule has 1 aliphatic heterocycles. The minimum Gasteiger partial charge on any atom is -0.482 e. The van der Waals surface area contributed by atoms with Crippen LogP contribution in [0.5, 0.6) is 5.88 Å². The summed E-state index contributed by atoms with van der Waals surface area (Å²) in [4.78, 5) is 0. The predicted molar refractivity (Wildman–Crippen MR) is 68.8 cm³/mol. The lowest BCUT2D eigenvalue weighted by molar-refractivity contribution is 0.359. The van der Waals surface area contributed by atoms with Crippen molar-refractivity contribution in [2.75, 3.05) is 20.2 Å². The molecule has 2 aromatic rings. The summed E-state index contributed by atoms with van der Waals surface area (Å²) in [6, 6.07) is 5.85. The van der Waals surface area contributed by atoms with Crippen molar-refractivity contribution in [2.24, 2.45) is 5.92 Å². The molecule has 0 amide bonds. The smallest absolute Gasteiger partial charge is 0.200 e. The van der Waals surface area contributed by atoms with Crippen molar-refractivity contribution in [3.63, 3.8) is 0 Å². The molecule has 0 unspecified atom stereocenters. The van der Waals surface area contributed by atoms with Gasteiger partial charge in [-0.15, -0.1) is 10.2 Å². The van der Waals surface area contributed by atoms with Crippen molar-refractivity contribution in [1.82, 2.24) is 19.9 Å². The van der Waals surface area contributed by atoms with Crippen molar-refractivity contribution in [3.05, 3.63) is 24.0 Å². The van der Waals surface area contributed by atoms with Crippen LogP contribution in [0, 0.1) is 5.92 Å². The summed E-state index contributed by atoms with van der Waals surface area (Å²) >= 11 is 0. The molecule has 1 aliphatic rings. The third-order valence-corrected chi connectivity index (χ3v) is 3.60. The summed E-state index contributed by atoms with van der Waals surface area (Å²) in [6.45, 7) is 2.22. The van der Waals surface area contributed by atoms with Crippen LogP contribution < -0.4 is 10.1 Å². The molecular weight excluding hydrogens is 228 g/mol. The molecule has 0 aliphatic carbocycles. The third-order valence-electron chi connectivity index (χ3n) is 3.60. The topological polar surface area (TPSA) is 51.5 Å². The van der Waals surface area contributed by atoms with E-state index in [0.29, 0.717) is 5.92 Å². The fourth-order valence-electron chi connectivity index (χ4n) is 2.61. The maximum Gasteiger partial charge on any atom is 0.200 e. The third kappa shape index (κ3) is 2.06. The first-order valence-corrected chi connectivity index (χ1v) is 6.46. The van der Waals surface area contributed by atoms with Gasteiger partial charge in [0.15, 0.2) is 5.65 Å². The van der Waals surface area contributed by atoms with Gasteiger partial charge in [0.1, 0.15) is 5.82 Å². The first-order valence-electron chi connectivity index (χ1n) is 6.46. The fourth-order valence-corrected chi connectivity index (χ4v) is 2.61. The van der Waals surface area contributed by atoms with E-state index in [2.05, 4.69) is 15.5 Å². The molecule has 0 bridgehead atoms. The second-order valence-electron chi connectivity index (χ2n) is 4.78. The van der Waals surface area contributed by atoms with Gasteiger partial charge in [-0.3, -0.25) is 0 Å². The van der Waals surface area contributed by atoms with Crippen LogP contribution in [-0.4, -0.2) is 34.8 Å². The van der Waals surface area contributed by atoms with Crippen LogP contribution in [0.15, 0.2) is 18.2 Å². The van der Waals surface area contributed by atoms with Gasteiger partial charge in [0.2, 0.25) is 5.88 Å². The Morgan fingerprint density at radius 3 is 2.94 bits per heavy atom. The molecule has 96 valence electrons. The first kappa shape index (κ1) is 11.5. The molecule has 0 saturated carbocycles. The molecule has 3 rings (SSSR count). The number of nitrogens with one attached hydrogen (secondary N) is 1. The summed E-state index contributed by atoms with van der Waals surface area (Å²) in [5.74, 6) is 2.51. The van der Waals surface area contributed by atoms with Gasteiger partial charge in [-0.25, -0.2) is 4.40 Å². The highest BCUT2D eigenvalue weighted by Crippen LogP contribution is 2.21. The van der Waals surface area contributed by atoms with Crippen LogP contribution in [0.2, 0.25) is 0 Å². The Morgan fingerprint density at radius 1 is 1.33 bits per heavy atom. The van der Waals surface area contributed by atoms with E-state index in [4.69, 9.17) is 4.74 Å². The largest absolute Gasteiger partial charge is 0.482 e. The second kappa shape index (κ2) is 4.94. The van der Waals surface area contributed by atoms with E-state index < -0.39 is 0 Å². The normalized spacial score (nSPS) is 17.2. The molecule has 18 heavy (non-hydrogen) atoms. The van der Waals surface area contributed by atoms with Crippen molar-refractivity contribution >= 4 is 5.65 Å². The number of methoxy groups -OCH3 is 1. The summed E-state index contributed by atoms with van der Waals surface area (Å²) < 4.78 is 7.40. The van der Waals surface area contributed by atoms with Gasteiger partial charge >= 0.3 is 0 Å². The maximum absolute atomic E-state index is 5.39. The van der Waals surface area contributed by atoms with E-state index in [0.717, 1.165) is 36.9 Å². The molecule has 5 heteroatoms. The number of nitrogens with zero attached hydrogens (tertiary/aromatic N) is 3. The molecule has 1 fully saturated rings. The molecule has 0 aromatic carbocycles. The van der Waals surface area contributed by atoms with Gasteiger partial charge in [-0.05, 0) is 44.0 Å². The number of ether oxygens (including phenoxy) is 1. The maximum atomic E-state index is 5.39. The lowest BCUT2D eigenvalue weighted by atomic mass is 9.94. The standard InChI is InChI=1S/C13H18N4O/c1-18-13-4-2-3-11-15-16-12(17(11)13)9-10-5-7-14-8-6-10/h2-4,10,14H,5-9H2,1H3. The lowest BCUT2D eigenvalue weighted by Gasteiger charge is -2.21. The van der Waals surface area contributed by atoms with Crippen molar-refractivity contribution in [2.45, 2.75) is 19.3 Å². The van der Waals surface area contributed by atoms with Crippen LogP contribution in [0.25, 0.3) is 5.65 Å². The Bertz CT molecular complexity index is 531. The SMILES string of the molecule is COc1cccc2nnc(CC3CCNCC3)n12. The minimum atomic E-state index is 0.698. The Morgan fingerprint density at radius 2 is 2.17 bits per heavy atom. The van der Waals surface area contributed by atoms with Gasteiger partial charge in [-0.2, -0.15) is 0 Å². The van der Waals surface area contributed by atoms with E-state index in [9.17, 15) is 0 Å². The summed E-state index contributed by atoms with van der Waals surface area (Å²) in [5, 5.41) is 11.9. The minimum absolute atomic E-state index is 0.698. The zero-order valence-corrected chi connectivity index (χ0v) is 10.6. The van der Waals surface area contributed by atoms with E-state index in [-0.39, 0.29) is 0 Å². The van der Waals surface area contributed by atoms with E-state index in [1.54, 1.807) is 7.11 Å². The highest BCUT2D eigenvalue weighted by atomic mass is 16.5. The lowest BCUT2D eigenvalue weighted by Crippen LogP contribution is -2.29. The van der Waals surface area contributed by atoms with Gasteiger partial charge in [-0.1, -0.05) is 6.07 Å². The Kier molecular flexibility index (Phi) is 3.15. The van der Waals surface area contributed by atoms with Crippen LogP contribution in [0.3, 0.4) is 0 Å². The number of aromatic nitrogens is 3. The molecular formula is C13H18N4O. The van der Waals surface area contributed by atoms with Crippen molar-refractivity contribution in [3.8, 4) is 5.88 Å². The molecule has 1 N–H and O–H groups in total. The first-order chi connectivity index (χ1) is 8.88. The van der Waals surface area contributed by atoms with E-state index >= 15 is 0 Å². The zero-order valence-electron chi connectivity index (χ0n) is 10.6. The Labute approximate surface area is 106 Å². The zero-order chi connectivity index (χ0) is 12.4. The van der Waals surface area contributed by atoms with Crippen LogP contribution in [-0.2, 0) is 6.42 Å². The van der Waals surface area contributed by atoms with Crippen LogP contribution >= 0.6 is 0 Å². The monoisotopic (exact) mass is 246 g/mol. The van der Waals surface area contributed by atoms with Gasteiger partial charge in [0, 0.05) is 6.42 Å². The number of hydrogen-bond acceptors (Lipinski definition) is 4. The number of hydrogen-bond donors (Lipinski definition) is 1. The van der Waals surface area contributed by atoms with E-state index in [1.807, 2.05) is 22.6 Å². The summed E-state index contributed by atoms with van der Waals surface area (Å²) in [7, 11) is 1.68. The highest BCUT2D eigenvalue weighted by Gasteiger charge is 2.18. The van der Waals surface area contributed by atoms with Gasteiger partial charge in [0.05, 0.1) is 7.11 Å². The molecule has 0 radical (unpaired) electrons. The number of pyridine rings is 1. The highest BCUT2D eigenvalue weighted by molar-refractivity contribution is 5.42. The predicted octanol–water partition coefficient (Wildman–Crippen LogP) is 1.28. The number of fused-ring (bicyclic) bond motifs is 1. The molecule has 0 spiro atoms. The molecule has 5 nitrogen and oxygen atoms in total. The quantitative estimate of drug-likeness (QED) is 0.886. The van der Waals surface area contributed by atoms with Crippen molar-refractivity contribution in [1.29, 1.82) is 0 Å². The number of piperidine rings is 1.